The summed E-state index contributed by atoms with van der Waals surface area (Å²) in [6.45, 7) is 4.00. The number of aryl methyl sites for hydroxylation is 1. The molecule has 6 nitrogen and oxygen atoms in total. The van der Waals surface area contributed by atoms with Crippen LogP contribution in [0.4, 0.5) is 18.0 Å². The van der Waals surface area contributed by atoms with Crippen molar-refractivity contribution in [3.05, 3.63) is 41.6 Å². The van der Waals surface area contributed by atoms with E-state index in [-0.39, 0.29) is 6.03 Å². The molecule has 0 aliphatic carbocycles. The number of benzene rings is 1. The van der Waals surface area contributed by atoms with Crippen molar-refractivity contribution in [3.63, 3.8) is 0 Å². The third-order valence-electron chi connectivity index (χ3n) is 3.99. The summed E-state index contributed by atoms with van der Waals surface area (Å²) >= 11 is 0. The molecule has 1 radical (unpaired) electrons. The zero-order valence-corrected chi connectivity index (χ0v) is 14.1. The zero-order valence-electron chi connectivity index (χ0n) is 14.1. The van der Waals surface area contributed by atoms with Crippen molar-refractivity contribution in [2.75, 3.05) is 13.1 Å². The highest BCUT2D eigenvalue weighted by atomic mass is 19.4. The molecule has 2 heterocycles. The van der Waals surface area contributed by atoms with Crippen molar-refractivity contribution >= 4 is 17.7 Å². The van der Waals surface area contributed by atoms with Crippen LogP contribution in [0.5, 0.6) is 0 Å². The van der Waals surface area contributed by atoms with Crippen LogP contribution in [0.3, 0.4) is 0 Å². The van der Waals surface area contributed by atoms with Gasteiger partial charge in [-0.1, -0.05) is 29.8 Å². The second kappa shape index (κ2) is 8.22. The van der Waals surface area contributed by atoms with E-state index >= 15 is 0 Å². The standard InChI is InChI=1S/C15H18N3O.C2HF3O2/c1-11-2-4-12(5-3-11)14-10-18(15(19)17-14)13-6-8-16-9-7-13;3-2(4,5)1(6)7/h2-5,10,13,16H,6-9H2,1H3;(H,6,7). The predicted molar refractivity (Wildman–Crippen MR) is 88.1 cm³/mol. The Morgan fingerprint density at radius 1 is 1.23 bits per heavy atom. The lowest BCUT2D eigenvalue weighted by atomic mass is 10.1. The van der Waals surface area contributed by atoms with Gasteiger partial charge in [0, 0.05) is 17.8 Å². The number of aliphatic carboxylic acids is 1. The Balaban J connectivity index is 0.000000298. The zero-order chi connectivity index (χ0) is 19.3. The van der Waals surface area contributed by atoms with E-state index in [1.807, 2.05) is 30.5 Å². The molecule has 0 spiro atoms. The van der Waals surface area contributed by atoms with Crippen LogP contribution in [0.1, 0.15) is 24.0 Å². The van der Waals surface area contributed by atoms with Crippen LogP contribution < -0.4 is 10.6 Å². The molecule has 0 saturated carbocycles. The monoisotopic (exact) mass is 370 g/mol. The minimum Gasteiger partial charge on any atom is -0.475 e. The maximum Gasteiger partial charge on any atom is 0.490 e. The highest BCUT2D eigenvalue weighted by molar-refractivity contribution is 5.91. The molecule has 2 aliphatic rings. The molecule has 0 unspecified atom stereocenters. The van der Waals surface area contributed by atoms with Gasteiger partial charge >= 0.3 is 18.2 Å². The molecular formula is C17H19F3N3O3. The summed E-state index contributed by atoms with van der Waals surface area (Å²) in [5.41, 5.74) is 3.00. The minimum absolute atomic E-state index is 0.123. The largest absolute Gasteiger partial charge is 0.490 e. The molecular weight excluding hydrogens is 351 g/mol. The summed E-state index contributed by atoms with van der Waals surface area (Å²) in [7, 11) is 0. The third kappa shape index (κ3) is 5.22. The molecule has 3 rings (SSSR count). The van der Waals surface area contributed by atoms with Gasteiger partial charge in [0.1, 0.15) is 0 Å². The number of rotatable bonds is 2. The second-order valence-corrected chi connectivity index (χ2v) is 5.97. The average Bonchev–Trinajstić information content (AvgIpc) is 2.98. The summed E-state index contributed by atoms with van der Waals surface area (Å²) in [4.78, 5) is 22.7. The Morgan fingerprint density at radius 2 is 1.77 bits per heavy atom. The van der Waals surface area contributed by atoms with Gasteiger partial charge in [0.25, 0.3) is 0 Å². The summed E-state index contributed by atoms with van der Waals surface area (Å²) < 4.78 is 31.7. The SMILES string of the molecule is Cc1ccc(C2=CN(C3CCNCC3)C(=O)[N]2)cc1.O=C(O)C(F)(F)F. The lowest BCUT2D eigenvalue weighted by molar-refractivity contribution is -0.192. The van der Waals surface area contributed by atoms with Crippen LogP contribution in [0.15, 0.2) is 30.5 Å². The number of amides is 2. The maximum atomic E-state index is 12.0. The van der Waals surface area contributed by atoms with Crippen LogP contribution in [0, 0.1) is 6.92 Å². The molecule has 0 bridgehead atoms. The van der Waals surface area contributed by atoms with E-state index in [9.17, 15) is 18.0 Å². The number of carbonyl (C=O) groups is 2. The first kappa shape index (κ1) is 19.8. The fourth-order valence-corrected chi connectivity index (χ4v) is 2.59. The van der Waals surface area contributed by atoms with Gasteiger partial charge in [-0.25, -0.2) is 9.59 Å². The average molecular weight is 370 g/mol. The topological polar surface area (TPSA) is 83.7 Å². The summed E-state index contributed by atoms with van der Waals surface area (Å²) in [5.74, 6) is -2.76. The smallest absolute Gasteiger partial charge is 0.475 e. The van der Waals surface area contributed by atoms with E-state index in [4.69, 9.17) is 9.90 Å². The fourth-order valence-electron chi connectivity index (χ4n) is 2.59. The Morgan fingerprint density at radius 3 is 2.27 bits per heavy atom. The Kier molecular flexibility index (Phi) is 6.25. The van der Waals surface area contributed by atoms with Crippen molar-refractivity contribution in [2.24, 2.45) is 0 Å². The number of alkyl halides is 3. The first-order chi connectivity index (χ1) is 12.2. The van der Waals surface area contributed by atoms with Crippen molar-refractivity contribution in [2.45, 2.75) is 32.0 Å². The lowest BCUT2D eigenvalue weighted by Gasteiger charge is -2.28. The lowest BCUT2D eigenvalue weighted by Crippen LogP contribution is -2.42. The first-order valence-corrected chi connectivity index (χ1v) is 8.02. The Labute approximate surface area is 148 Å². The molecule has 1 aromatic carbocycles. The van der Waals surface area contributed by atoms with E-state index in [1.54, 1.807) is 4.90 Å². The number of urea groups is 1. The van der Waals surface area contributed by atoms with Crippen molar-refractivity contribution in [1.29, 1.82) is 0 Å². The van der Waals surface area contributed by atoms with Crippen molar-refractivity contribution < 1.29 is 27.9 Å². The normalized spacial score (nSPS) is 17.9. The number of carboxylic acid groups (broad SMARTS) is 1. The molecule has 1 aromatic rings. The molecule has 0 aromatic heterocycles. The van der Waals surface area contributed by atoms with Gasteiger partial charge in [0.2, 0.25) is 0 Å². The van der Waals surface area contributed by atoms with Gasteiger partial charge in [-0.3, -0.25) is 4.90 Å². The van der Waals surface area contributed by atoms with Gasteiger partial charge in [-0.2, -0.15) is 18.5 Å². The third-order valence-corrected chi connectivity index (χ3v) is 3.99. The number of carboxylic acids is 1. The maximum absolute atomic E-state index is 12.0. The van der Waals surface area contributed by atoms with Gasteiger partial charge in [-0.05, 0) is 32.9 Å². The number of hydrogen-bond acceptors (Lipinski definition) is 3. The highest BCUT2D eigenvalue weighted by Gasteiger charge is 2.38. The molecule has 0 atom stereocenters. The summed E-state index contributed by atoms with van der Waals surface area (Å²) in [5, 5.41) is 14.6. The summed E-state index contributed by atoms with van der Waals surface area (Å²) in [6.07, 6.45) is -1.18. The van der Waals surface area contributed by atoms with E-state index in [0.29, 0.717) is 6.04 Å². The van der Waals surface area contributed by atoms with E-state index < -0.39 is 12.1 Å². The molecule has 141 valence electrons. The number of nitrogens with zero attached hydrogens (tertiary/aromatic N) is 2. The molecule has 2 amide bonds. The number of piperidine rings is 1. The van der Waals surface area contributed by atoms with Gasteiger partial charge in [0.05, 0.1) is 5.70 Å². The quantitative estimate of drug-likeness (QED) is 0.839. The molecule has 1 fully saturated rings. The van der Waals surface area contributed by atoms with Gasteiger partial charge < -0.3 is 10.4 Å². The van der Waals surface area contributed by atoms with E-state index in [0.717, 1.165) is 37.2 Å². The molecule has 1 saturated heterocycles. The minimum atomic E-state index is -5.08. The predicted octanol–water partition coefficient (Wildman–Crippen LogP) is 2.72. The molecule has 9 heteroatoms. The number of nitrogens with one attached hydrogen (secondary N) is 1. The van der Waals surface area contributed by atoms with Crippen LogP contribution in [-0.4, -0.2) is 47.3 Å². The van der Waals surface area contributed by atoms with Crippen molar-refractivity contribution in [1.82, 2.24) is 15.5 Å². The van der Waals surface area contributed by atoms with Crippen LogP contribution in [0.25, 0.3) is 5.70 Å². The first-order valence-electron chi connectivity index (χ1n) is 8.02. The fraction of sp³-hybridized carbons (Fsp3) is 0.412. The second-order valence-electron chi connectivity index (χ2n) is 5.97. The van der Waals surface area contributed by atoms with Crippen molar-refractivity contribution in [3.8, 4) is 0 Å². The number of carbonyl (C=O) groups excluding carboxylic acids is 1. The van der Waals surface area contributed by atoms with Crippen LogP contribution in [-0.2, 0) is 4.79 Å². The Bertz CT molecular complexity index is 681. The molecule has 2 aliphatic heterocycles. The highest BCUT2D eigenvalue weighted by Crippen LogP contribution is 2.24. The number of halogens is 3. The van der Waals surface area contributed by atoms with Gasteiger partial charge in [0.15, 0.2) is 0 Å². The van der Waals surface area contributed by atoms with Crippen LogP contribution >= 0.6 is 0 Å². The van der Waals surface area contributed by atoms with Gasteiger partial charge in [-0.15, -0.1) is 0 Å². The van der Waals surface area contributed by atoms with Crippen LogP contribution in [0.2, 0.25) is 0 Å². The molecule has 2 N–H and O–H groups in total. The number of hydrogen-bond donors (Lipinski definition) is 2. The molecule has 26 heavy (non-hydrogen) atoms. The van der Waals surface area contributed by atoms with E-state index in [1.165, 1.54) is 5.56 Å². The van der Waals surface area contributed by atoms with E-state index in [2.05, 4.69) is 17.6 Å². The Hall–Kier alpha value is -2.55. The summed E-state index contributed by atoms with van der Waals surface area (Å²) in [6, 6.07) is 8.29.